The van der Waals surface area contributed by atoms with E-state index < -0.39 is 92.6 Å². The number of sulfonamides is 2. The lowest BCUT2D eigenvalue weighted by atomic mass is 9.79. The monoisotopic (exact) mass is 1210 g/mol. The molecule has 0 radical (unpaired) electrons. The molecule has 22 nitrogen and oxygen atoms in total. The van der Waals surface area contributed by atoms with E-state index in [-0.39, 0.29) is 78.3 Å². The maximum Gasteiger partial charge on any atom is 0.295 e. The molecular formula is C51H60N5O17S6+. The van der Waals surface area contributed by atoms with Gasteiger partial charge in [-0.05, 0) is 97.1 Å². The van der Waals surface area contributed by atoms with Crippen LogP contribution in [0.2, 0.25) is 0 Å². The largest absolute Gasteiger partial charge is 0.352 e. The number of carbonyl (C=O) groups excluding carboxylic acids is 1. The SMILES string of the molecule is CN(CCCC(=O)NCc1ccc(S(N)(=O)=O)cc1)S(=O)(=O)c1cccc2c3c(ccc12)N(CCCS(=O)(=O)O)C(=CC=CC=CC1=[N+](CCCS(=O)(=O)O)c2ccc4c(S(=O)(=O)O)cc(S(=O)(=O)O)cc4c2C1(C)C)C3(C)C. The van der Waals surface area contributed by atoms with E-state index >= 15 is 0 Å². The number of primary sulfonamides is 1. The minimum atomic E-state index is -5.04. The van der Waals surface area contributed by atoms with E-state index in [1.54, 1.807) is 73.1 Å². The molecule has 0 atom stereocenters. The summed E-state index contributed by atoms with van der Waals surface area (Å²) in [6, 6.07) is 18.6. The third-order valence-corrected chi connectivity index (χ3v) is 20.1. The van der Waals surface area contributed by atoms with E-state index in [1.165, 1.54) is 49.5 Å². The van der Waals surface area contributed by atoms with Crippen LogP contribution < -0.4 is 15.4 Å². The molecule has 5 aromatic carbocycles. The summed E-state index contributed by atoms with van der Waals surface area (Å²) in [6.45, 7) is 7.57. The first-order valence-corrected chi connectivity index (χ1v) is 33.4. The Balaban J connectivity index is 1.19. The number of hydrogen-bond acceptors (Lipinski definition) is 14. The first kappa shape index (κ1) is 60.9. The summed E-state index contributed by atoms with van der Waals surface area (Å²) in [5, 5.41) is 8.88. The lowest BCUT2D eigenvalue weighted by Crippen LogP contribution is -2.30. The zero-order valence-corrected chi connectivity index (χ0v) is 48.3. The van der Waals surface area contributed by atoms with Crippen molar-refractivity contribution in [2.24, 2.45) is 5.14 Å². The van der Waals surface area contributed by atoms with E-state index in [4.69, 9.17) is 5.14 Å². The minimum absolute atomic E-state index is 0.00276. The van der Waals surface area contributed by atoms with Crippen LogP contribution in [0.25, 0.3) is 21.5 Å². The third kappa shape index (κ3) is 13.4. The fourth-order valence-corrected chi connectivity index (χ4v) is 14.6. The number of rotatable bonds is 22. The summed E-state index contributed by atoms with van der Waals surface area (Å²) in [7, 11) is -25.4. The van der Waals surface area contributed by atoms with Crippen LogP contribution >= 0.6 is 0 Å². The molecule has 7 rings (SSSR count). The number of nitrogens with one attached hydrogen (secondary N) is 1. The zero-order valence-electron chi connectivity index (χ0n) is 43.4. The maximum absolute atomic E-state index is 14.3. The molecule has 0 aliphatic carbocycles. The van der Waals surface area contributed by atoms with Crippen molar-refractivity contribution in [3.63, 3.8) is 0 Å². The fourth-order valence-electron chi connectivity index (χ4n) is 10.3. The van der Waals surface area contributed by atoms with Crippen molar-refractivity contribution in [2.45, 2.75) is 90.3 Å². The van der Waals surface area contributed by atoms with Crippen molar-refractivity contribution in [3.8, 4) is 0 Å². The van der Waals surface area contributed by atoms with Gasteiger partial charge in [0.05, 0.1) is 31.6 Å². The predicted octanol–water partition coefficient (Wildman–Crippen LogP) is 5.58. The molecule has 0 saturated carbocycles. The lowest BCUT2D eigenvalue weighted by Gasteiger charge is -2.27. The molecule has 0 bridgehead atoms. The molecule has 0 unspecified atom stereocenters. The maximum atomic E-state index is 14.3. The molecule has 0 fully saturated rings. The normalized spacial score (nSPS) is 16.5. The molecule has 28 heteroatoms. The number of amides is 1. The standard InChI is InChI=1S/C51H59N5O17S6/c1-50(2)45(15-7-6-8-16-46-51(3,4)49-40-31-36(78(68,69)70)32-44(79(71,72)73)38(40)23-25-42(49)56(46)28-12-30-75(61,62)63)55(27-11-29-74(58,59)60)41-24-22-37-39(48(41)50)13-9-14-43(37)77(66,67)54(5)26-10-17-47(57)53-33-34-18-20-35(21-19-34)76(52,64)65/h6-9,13-16,18-25,31-32H,10-12,17,26-30,33H2,1-5H3,(H6-,52,53,57,58,59,60,61,62,63,64,65,68,69,70,71,72,73)/p+1. The Labute approximate surface area is 460 Å². The number of hydrogen-bond donors (Lipinski definition) is 6. The summed E-state index contributed by atoms with van der Waals surface area (Å²) in [6.07, 6.45) is 8.64. The van der Waals surface area contributed by atoms with Crippen LogP contribution in [0.15, 0.2) is 135 Å². The van der Waals surface area contributed by atoms with Crippen LogP contribution in [0, 0.1) is 0 Å². The Morgan fingerprint density at radius 2 is 1.30 bits per heavy atom. The van der Waals surface area contributed by atoms with Crippen LogP contribution in [0.4, 0.5) is 11.4 Å². The highest BCUT2D eigenvalue weighted by atomic mass is 32.2. The summed E-state index contributed by atoms with van der Waals surface area (Å²) in [5.41, 5.74) is 2.03. The van der Waals surface area contributed by atoms with Gasteiger partial charge >= 0.3 is 0 Å². The van der Waals surface area contributed by atoms with E-state index in [1.807, 2.05) is 18.7 Å². The molecule has 2 heterocycles. The Morgan fingerprint density at radius 1 is 0.671 bits per heavy atom. The number of fused-ring (bicyclic) bond motifs is 6. The highest BCUT2D eigenvalue weighted by Crippen LogP contribution is 2.52. The second-order valence-electron chi connectivity index (χ2n) is 20.1. The van der Waals surface area contributed by atoms with E-state index in [0.29, 0.717) is 50.7 Å². The molecule has 0 saturated heterocycles. The van der Waals surface area contributed by atoms with Crippen molar-refractivity contribution in [3.05, 3.63) is 132 Å². The number of carbonyl (C=O) groups is 1. The molecule has 1 amide bonds. The number of nitrogens with zero attached hydrogens (tertiary/aromatic N) is 3. The third-order valence-electron chi connectivity index (χ3n) is 13.9. The van der Waals surface area contributed by atoms with Crippen LogP contribution in [-0.4, -0.2) is 127 Å². The molecule has 5 aromatic rings. The van der Waals surface area contributed by atoms with Gasteiger partial charge in [0.2, 0.25) is 31.6 Å². The van der Waals surface area contributed by atoms with Crippen molar-refractivity contribution in [1.82, 2.24) is 9.62 Å². The second-order valence-corrected chi connectivity index (χ2v) is 29.7. The van der Waals surface area contributed by atoms with Gasteiger partial charge in [0.25, 0.3) is 40.5 Å². The van der Waals surface area contributed by atoms with Gasteiger partial charge in [-0.25, -0.2) is 26.3 Å². The fraction of sp³-hybridized carbons (Fsp3) is 0.333. The van der Waals surface area contributed by atoms with Gasteiger partial charge in [-0.3, -0.25) is 23.0 Å². The second kappa shape index (κ2) is 22.3. The first-order chi connectivity index (χ1) is 36.4. The average Bonchev–Trinajstić information content (AvgIpc) is 3.93. The molecule has 79 heavy (non-hydrogen) atoms. The summed E-state index contributed by atoms with van der Waals surface area (Å²) >= 11 is 0. The smallest absolute Gasteiger partial charge is 0.295 e. The van der Waals surface area contributed by atoms with E-state index in [2.05, 4.69) is 5.32 Å². The topological polar surface area (TPSA) is 350 Å². The highest BCUT2D eigenvalue weighted by molar-refractivity contribution is 7.89. The first-order valence-electron chi connectivity index (χ1n) is 24.3. The molecule has 2 aliphatic rings. The van der Waals surface area contributed by atoms with Crippen LogP contribution in [0.3, 0.4) is 0 Å². The number of nitrogens with two attached hydrogens (primary N) is 1. The van der Waals surface area contributed by atoms with Crippen LogP contribution in [0.5, 0.6) is 0 Å². The van der Waals surface area contributed by atoms with Gasteiger partial charge in [0.15, 0.2) is 5.71 Å². The Kier molecular flexibility index (Phi) is 17.2. The van der Waals surface area contributed by atoms with Crippen molar-refractivity contribution < 1.29 is 78.1 Å². The van der Waals surface area contributed by atoms with Gasteiger partial charge in [-0.2, -0.15) is 38.2 Å². The Bertz CT molecular complexity index is 4140. The molecule has 0 aromatic heterocycles. The zero-order chi connectivity index (χ0) is 58.5. The Morgan fingerprint density at radius 3 is 1.92 bits per heavy atom. The number of anilines is 1. The lowest BCUT2D eigenvalue weighted by molar-refractivity contribution is -0.437. The average molecular weight is 1210 g/mol. The molecule has 2 aliphatic heterocycles. The van der Waals surface area contributed by atoms with E-state index in [0.717, 1.165) is 15.9 Å². The van der Waals surface area contributed by atoms with Crippen molar-refractivity contribution >= 4 is 105 Å². The Hall–Kier alpha value is -5.76. The minimum Gasteiger partial charge on any atom is -0.352 e. The highest BCUT2D eigenvalue weighted by Gasteiger charge is 2.46. The quantitative estimate of drug-likeness (QED) is 0.0280. The molecular weight excluding hydrogens is 1150 g/mol. The van der Waals surface area contributed by atoms with Gasteiger partial charge < -0.3 is 10.2 Å². The molecule has 426 valence electrons. The predicted molar refractivity (Wildman–Crippen MR) is 298 cm³/mol. The van der Waals surface area contributed by atoms with Gasteiger partial charge in [0, 0.05) is 84.8 Å². The summed E-state index contributed by atoms with van der Waals surface area (Å²) < 4.78 is 191. The number of benzene rings is 5. The summed E-state index contributed by atoms with van der Waals surface area (Å²) in [4.78, 5) is 13.0. The van der Waals surface area contributed by atoms with Crippen LogP contribution in [0.1, 0.15) is 70.1 Å². The van der Waals surface area contributed by atoms with Crippen molar-refractivity contribution in [1.29, 1.82) is 0 Å². The van der Waals surface area contributed by atoms with Crippen LogP contribution in [-0.2, 0) is 82.7 Å². The number of allylic oxidation sites excluding steroid dienone is 6. The molecule has 7 N–H and O–H groups in total. The van der Waals surface area contributed by atoms with E-state index in [9.17, 15) is 73.5 Å². The summed E-state index contributed by atoms with van der Waals surface area (Å²) in [5.74, 6) is -1.51. The molecule has 0 spiro atoms. The van der Waals surface area contributed by atoms with Gasteiger partial charge in [-0.15, -0.1) is 0 Å². The van der Waals surface area contributed by atoms with Gasteiger partial charge in [0.1, 0.15) is 11.4 Å². The van der Waals surface area contributed by atoms with Crippen molar-refractivity contribution in [2.75, 3.05) is 43.1 Å². The van der Waals surface area contributed by atoms with Gasteiger partial charge in [-0.1, -0.05) is 62.4 Å².